The molecule has 0 heterocycles. The summed E-state index contributed by atoms with van der Waals surface area (Å²) in [5.74, 6) is 0. The van der Waals surface area contributed by atoms with Crippen molar-refractivity contribution >= 4 is 0 Å². The summed E-state index contributed by atoms with van der Waals surface area (Å²) in [6.45, 7) is 4.25. The van der Waals surface area contributed by atoms with Crippen LogP contribution in [-0.2, 0) is 12.8 Å². The van der Waals surface area contributed by atoms with Gasteiger partial charge in [0.05, 0.1) is 6.10 Å². The maximum Gasteiger partial charge on any atom is 0.0621 e. The van der Waals surface area contributed by atoms with Gasteiger partial charge in [0.25, 0.3) is 0 Å². The number of aliphatic hydroxyl groups excluding tert-OH is 1. The zero-order valence-electron chi connectivity index (χ0n) is 8.46. The SMILES string of the molecule is CCC.OC1Cc2ccccc2C1. The Morgan fingerprint density at radius 2 is 1.54 bits per heavy atom. The van der Waals surface area contributed by atoms with E-state index in [1.807, 2.05) is 12.1 Å². The predicted molar refractivity (Wildman–Crippen MR) is 55.8 cm³/mol. The van der Waals surface area contributed by atoms with Crippen molar-refractivity contribution in [1.82, 2.24) is 0 Å². The van der Waals surface area contributed by atoms with Crippen molar-refractivity contribution in [3.63, 3.8) is 0 Å². The topological polar surface area (TPSA) is 20.2 Å². The van der Waals surface area contributed by atoms with E-state index >= 15 is 0 Å². The van der Waals surface area contributed by atoms with Gasteiger partial charge in [0.1, 0.15) is 0 Å². The first-order valence-electron chi connectivity index (χ1n) is 5.02. The highest BCUT2D eigenvalue weighted by molar-refractivity contribution is 5.32. The van der Waals surface area contributed by atoms with Gasteiger partial charge in [0.15, 0.2) is 0 Å². The molecule has 1 heteroatoms. The smallest absolute Gasteiger partial charge is 0.0621 e. The second-order valence-electron chi connectivity index (χ2n) is 3.54. The largest absolute Gasteiger partial charge is 0.392 e. The molecule has 0 amide bonds. The molecule has 0 saturated carbocycles. The zero-order chi connectivity index (χ0) is 9.68. The summed E-state index contributed by atoms with van der Waals surface area (Å²) in [4.78, 5) is 0. The Morgan fingerprint density at radius 3 is 1.92 bits per heavy atom. The van der Waals surface area contributed by atoms with E-state index in [4.69, 9.17) is 0 Å². The Labute approximate surface area is 80.4 Å². The molecule has 1 aromatic carbocycles. The molecule has 0 bridgehead atoms. The van der Waals surface area contributed by atoms with E-state index in [1.165, 1.54) is 17.5 Å². The first-order valence-corrected chi connectivity index (χ1v) is 5.02. The molecular weight excluding hydrogens is 160 g/mol. The molecule has 1 aliphatic rings. The number of benzene rings is 1. The molecule has 1 aromatic rings. The summed E-state index contributed by atoms with van der Waals surface area (Å²) in [5, 5.41) is 9.25. The minimum atomic E-state index is -0.127. The number of fused-ring (bicyclic) bond motifs is 1. The molecule has 1 aliphatic carbocycles. The lowest BCUT2D eigenvalue weighted by Gasteiger charge is -1.93. The summed E-state index contributed by atoms with van der Waals surface area (Å²) < 4.78 is 0. The highest BCUT2D eigenvalue weighted by Gasteiger charge is 2.17. The third-order valence-corrected chi connectivity index (χ3v) is 2.03. The second kappa shape index (κ2) is 5.03. The van der Waals surface area contributed by atoms with Gasteiger partial charge in [-0.2, -0.15) is 0 Å². The van der Waals surface area contributed by atoms with Crippen LogP contribution in [0.4, 0.5) is 0 Å². The minimum Gasteiger partial charge on any atom is -0.392 e. The maximum atomic E-state index is 9.25. The molecule has 0 aromatic heterocycles. The van der Waals surface area contributed by atoms with Crippen LogP contribution in [0.15, 0.2) is 24.3 Å². The fourth-order valence-electron chi connectivity index (χ4n) is 1.54. The Balaban J connectivity index is 0.000000251. The third-order valence-electron chi connectivity index (χ3n) is 2.03. The summed E-state index contributed by atoms with van der Waals surface area (Å²) in [6.07, 6.45) is 2.81. The van der Waals surface area contributed by atoms with Gasteiger partial charge < -0.3 is 5.11 Å². The first kappa shape index (κ1) is 10.3. The van der Waals surface area contributed by atoms with Crippen molar-refractivity contribution < 1.29 is 5.11 Å². The average molecular weight is 178 g/mol. The van der Waals surface area contributed by atoms with Gasteiger partial charge in [-0.1, -0.05) is 44.5 Å². The lowest BCUT2D eigenvalue weighted by molar-refractivity contribution is 0.187. The highest BCUT2D eigenvalue weighted by Crippen LogP contribution is 2.20. The molecule has 0 fully saturated rings. The van der Waals surface area contributed by atoms with Crippen LogP contribution in [0, 0.1) is 0 Å². The summed E-state index contributed by atoms with van der Waals surface area (Å²) >= 11 is 0. The monoisotopic (exact) mass is 178 g/mol. The molecule has 0 saturated heterocycles. The number of hydrogen-bond acceptors (Lipinski definition) is 1. The van der Waals surface area contributed by atoms with Crippen LogP contribution in [0.25, 0.3) is 0 Å². The van der Waals surface area contributed by atoms with Crippen molar-refractivity contribution in [2.75, 3.05) is 0 Å². The van der Waals surface area contributed by atoms with Gasteiger partial charge >= 0.3 is 0 Å². The standard InChI is InChI=1S/C9H10O.C3H8/c10-9-5-7-3-1-2-4-8(7)6-9;1-3-2/h1-4,9-10H,5-6H2;3H2,1-2H3. The normalized spacial score (nSPS) is 14.7. The van der Waals surface area contributed by atoms with Gasteiger partial charge in [-0.3, -0.25) is 0 Å². The Kier molecular flexibility index (Phi) is 3.97. The van der Waals surface area contributed by atoms with Gasteiger partial charge in [0, 0.05) is 0 Å². The Hall–Kier alpha value is -0.820. The molecule has 13 heavy (non-hydrogen) atoms. The Morgan fingerprint density at radius 1 is 1.15 bits per heavy atom. The van der Waals surface area contributed by atoms with Crippen LogP contribution in [0.2, 0.25) is 0 Å². The number of aliphatic hydroxyl groups is 1. The quantitative estimate of drug-likeness (QED) is 0.647. The van der Waals surface area contributed by atoms with Crippen LogP contribution >= 0.6 is 0 Å². The predicted octanol–water partition coefficient (Wildman–Crippen LogP) is 2.56. The maximum absolute atomic E-state index is 9.25. The van der Waals surface area contributed by atoms with Gasteiger partial charge in [-0.25, -0.2) is 0 Å². The second-order valence-corrected chi connectivity index (χ2v) is 3.54. The fourth-order valence-corrected chi connectivity index (χ4v) is 1.54. The minimum absolute atomic E-state index is 0.127. The van der Waals surface area contributed by atoms with Crippen molar-refractivity contribution in [3.8, 4) is 0 Å². The lowest BCUT2D eigenvalue weighted by Crippen LogP contribution is -2.03. The van der Waals surface area contributed by atoms with Gasteiger partial charge in [-0.15, -0.1) is 0 Å². The van der Waals surface area contributed by atoms with Crippen LogP contribution in [0.3, 0.4) is 0 Å². The van der Waals surface area contributed by atoms with Crippen LogP contribution in [0.1, 0.15) is 31.4 Å². The van der Waals surface area contributed by atoms with Crippen molar-refractivity contribution in [3.05, 3.63) is 35.4 Å². The molecule has 1 nitrogen and oxygen atoms in total. The Bertz CT molecular complexity index is 230. The summed E-state index contributed by atoms with van der Waals surface area (Å²) in [6, 6.07) is 8.23. The van der Waals surface area contributed by atoms with E-state index in [2.05, 4.69) is 26.0 Å². The molecule has 0 radical (unpaired) electrons. The third kappa shape index (κ3) is 2.85. The molecule has 72 valence electrons. The lowest BCUT2D eigenvalue weighted by atomic mass is 10.1. The first-order chi connectivity index (χ1) is 6.27. The number of hydrogen-bond donors (Lipinski definition) is 1. The fraction of sp³-hybridized carbons (Fsp3) is 0.500. The molecule has 0 spiro atoms. The van der Waals surface area contributed by atoms with E-state index in [9.17, 15) is 5.11 Å². The van der Waals surface area contributed by atoms with E-state index in [1.54, 1.807) is 0 Å². The molecule has 0 aliphatic heterocycles. The van der Waals surface area contributed by atoms with Crippen LogP contribution in [0.5, 0.6) is 0 Å². The highest BCUT2D eigenvalue weighted by atomic mass is 16.3. The molecule has 1 N–H and O–H groups in total. The van der Waals surface area contributed by atoms with Crippen LogP contribution < -0.4 is 0 Å². The van der Waals surface area contributed by atoms with Crippen molar-refractivity contribution in [1.29, 1.82) is 0 Å². The number of rotatable bonds is 0. The zero-order valence-corrected chi connectivity index (χ0v) is 8.46. The van der Waals surface area contributed by atoms with Gasteiger partial charge in [0.2, 0.25) is 0 Å². The average Bonchev–Trinajstić information content (AvgIpc) is 2.45. The van der Waals surface area contributed by atoms with E-state index in [0.717, 1.165) is 12.8 Å². The van der Waals surface area contributed by atoms with Crippen molar-refractivity contribution in [2.45, 2.75) is 39.2 Å². The van der Waals surface area contributed by atoms with Crippen molar-refractivity contribution in [2.24, 2.45) is 0 Å². The summed E-state index contributed by atoms with van der Waals surface area (Å²) in [7, 11) is 0. The van der Waals surface area contributed by atoms with E-state index in [0.29, 0.717) is 0 Å². The van der Waals surface area contributed by atoms with E-state index < -0.39 is 0 Å². The molecule has 0 unspecified atom stereocenters. The van der Waals surface area contributed by atoms with Crippen LogP contribution in [-0.4, -0.2) is 11.2 Å². The molecular formula is C12H18O. The molecule has 0 atom stereocenters. The molecule has 2 rings (SSSR count). The van der Waals surface area contributed by atoms with E-state index in [-0.39, 0.29) is 6.10 Å². The van der Waals surface area contributed by atoms with Gasteiger partial charge in [-0.05, 0) is 24.0 Å². The summed E-state index contributed by atoms with van der Waals surface area (Å²) in [5.41, 5.74) is 2.63.